The van der Waals surface area contributed by atoms with E-state index in [0.29, 0.717) is 17.2 Å². The van der Waals surface area contributed by atoms with Gasteiger partial charge in [0, 0.05) is 27.6 Å². The van der Waals surface area contributed by atoms with Gasteiger partial charge in [-0.25, -0.2) is 9.97 Å². The van der Waals surface area contributed by atoms with Gasteiger partial charge < -0.3 is 14.8 Å². The molecule has 1 amide bonds. The van der Waals surface area contributed by atoms with Crippen LogP contribution in [0.1, 0.15) is 18.3 Å². The predicted octanol–water partition coefficient (Wildman–Crippen LogP) is 5.05. The second-order valence-corrected chi connectivity index (χ2v) is 7.18. The minimum atomic E-state index is -0.659. The van der Waals surface area contributed by atoms with Gasteiger partial charge in [0.1, 0.15) is 11.5 Å². The van der Waals surface area contributed by atoms with E-state index in [-0.39, 0.29) is 11.9 Å². The summed E-state index contributed by atoms with van der Waals surface area (Å²) >= 11 is 3.37. The monoisotopic (exact) mass is 441 g/mol. The highest BCUT2D eigenvalue weighted by atomic mass is 79.9. The number of ether oxygens (including phenoxy) is 2. The molecule has 0 saturated carbocycles. The predicted molar refractivity (Wildman–Crippen MR) is 111 cm³/mol. The van der Waals surface area contributed by atoms with Crippen molar-refractivity contribution < 1.29 is 14.3 Å². The van der Waals surface area contributed by atoms with Gasteiger partial charge in [0.2, 0.25) is 0 Å². The number of anilines is 1. The Morgan fingerprint density at radius 1 is 1.00 bits per heavy atom. The third kappa shape index (κ3) is 5.53. The van der Waals surface area contributed by atoms with Gasteiger partial charge in [0.25, 0.3) is 5.91 Å². The first-order valence-electron chi connectivity index (χ1n) is 8.72. The van der Waals surface area contributed by atoms with E-state index in [2.05, 4.69) is 31.2 Å². The highest BCUT2D eigenvalue weighted by molar-refractivity contribution is 9.10. The molecule has 3 aromatic rings. The molecule has 0 bridgehead atoms. The lowest BCUT2D eigenvalue weighted by atomic mass is 10.2. The van der Waals surface area contributed by atoms with Crippen LogP contribution >= 0.6 is 15.9 Å². The van der Waals surface area contributed by atoms with Crippen molar-refractivity contribution in [3.63, 3.8) is 0 Å². The van der Waals surface area contributed by atoms with Crippen molar-refractivity contribution in [2.75, 3.05) is 5.32 Å². The lowest BCUT2D eigenvalue weighted by molar-refractivity contribution is -0.122. The first kappa shape index (κ1) is 19.8. The summed E-state index contributed by atoms with van der Waals surface area (Å²) in [6.45, 7) is 5.46. The SMILES string of the molecule is Cc1cc(C)nc(Oc2cccc(NC(=O)[C@@H](C)Oc3ccc(Br)cc3)c2)n1. The Morgan fingerprint density at radius 2 is 1.68 bits per heavy atom. The molecule has 7 heteroatoms. The third-order valence-corrected chi connectivity index (χ3v) is 4.30. The zero-order chi connectivity index (χ0) is 20.1. The van der Waals surface area contributed by atoms with Crippen LogP contribution in [0.15, 0.2) is 59.1 Å². The van der Waals surface area contributed by atoms with Crippen LogP contribution in [-0.2, 0) is 4.79 Å². The Hall–Kier alpha value is -2.93. The second kappa shape index (κ2) is 8.84. The van der Waals surface area contributed by atoms with Crippen molar-refractivity contribution in [3.8, 4) is 17.5 Å². The first-order valence-corrected chi connectivity index (χ1v) is 9.51. The van der Waals surface area contributed by atoms with Crippen LogP contribution in [0, 0.1) is 13.8 Å². The molecular formula is C21H20BrN3O3. The van der Waals surface area contributed by atoms with Crippen LogP contribution in [0.3, 0.4) is 0 Å². The number of rotatable bonds is 6. The Kier molecular flexibility index (Phi) is 6.26. The number of aryl methyl sites for hydroxylation is 2. The smallest absolute Gasteiger partial charge is 0.322 e. The molecule has 1 aromatic heterocycles. The molecule has 144 valence electrons. The molecule has 0 spiro atoms. The van der Waals surface area contributed by atoms with Crippen molar-refractivity contribution in [1.82, 2.24) is 9.97 Å². The third-order valence-electron chi connectivity index (χ3n) is 3.77. The summed E-state index contributed by atoms with van der Waals surface area (Å²) in [6.07, 6.45) is -0.659. The van der Waals surface area contributed by atoms with Gasteiger partial charge >= 0.3 is 6.01 Å². The Morgan fingerprint density at radius 3 is 2.36 bits per heavy atom. The van der Waals surface area contributed by atoms with Crippen LogP contribution in [-0.4, -0.2) is 22.0 Å². The lowest BCUT2D eigenvalue weighted by Gasteiger charge is -2.15. The van der Waals surface area contributed by atoms with E-state index in [0.717, 1.165) is 15.9 Å². The lowest BCUT2D eigenvalue weighted by Crippen LogP contribution is -2.30. The molecule has 0 aliphatic rings. The zero-order valence-corrected chi connectivity index (χ0v) is 17.4. The van der Waals surface area contributed by atoms with Crippen LogP contribution in [0.4, 0.5) is 5.69 Å². The molecule has 1 heterocycles. The number of halogens is 1. The van der Waals surface area contributed by atoms with Gasteiger partial charge in [0.15, 0.2) is 6.10 Å². The van der Waals surface area contributed by atoms with Gasteiger partial charge in [-0.2, -0.15) is 0 Å². The quantitative estimate of drug-likeness (QED) is 0.578. The standard InChI is InChI=1S/C21H20BrN3O3/c1-13-11-14(2)24-21(23-13)28-19-6-4-5-17(12-19)25-20(26)15(3)27-18-9-7-16(22)8-10-18/h4-12,15H,1-3H3,(H,25,26)/t15-/m1/s1. The molecule has 0 saturated heterocycles. The number of hydrogen-bond donors (Lipinski definition) is 1. The number of hydrogen-bond acceptors (Lipinski definition) is 5. The van der Waals surface area contributed by atoms with E-state index < -0.39 is 6.10 Å². The van der Waals surface area contributed by atoms with E-state index in [4.69, 9.17) is 9.47 Å². The summed E-state index contributed by atoms with van der Waals surface area (Å²) in [6, 6.07) is 16.5. The normalized spacial score (nSPS) is 11.6. The maximum absolute atomic E-state index is 12.4. The van der Waals surface area contributed by atoms with E-state index >= 15 is 0 Å². The number of nitrogens with one attached hydrogen (secondary N) is 1. The fourth-order valence-electron chi connectivity index (χ4n) is 2.50. The van der Waals surface area contributed by atoms with Gasteiger partial charge in [-0.15, -0.1) is 0 Å². The molecule has 2 aromatic carbocycles. The number of benzene rings is 2. The molecule has 0 aliphatic heterocycles. The topological polar surface area (TPSA) is 73.3 Å². The fraction of sp³-hybridized carbons (Fsp3) is 0.190. The van der Waals surface area contributed by atoms with E-state index in [1.54, 1.807) is 43.3 Å². The van der Waals surface area contributed by atoms with Crippen molar-refractivity contribution in [2.45, 2.75) is 26.9 Å². The summed E-state index contributed by atoms with van der Waals surface area (Å²) < 4.78 is 12.3. The minimum Gasteiger partial charge on any atom is -0.481 e. The van der Waals surface area contributed by atoms with Crippen LogP contribution in [0.2, 0.25) is 0 Å². The van der Waals surface area contributed by atoms with Gasteiger partial charge in [0.05, 0.1) is 0 Å². The molecule has 28 heavy (non-hydrogen) atoms. The molecule has 0 fully saturated rings. The molecular weight excluding hydrogens is 422 g/mol. The highest BCUT2D eigenvalue weighted by Crippen LogP contribution is 2.23. The maximum atomic E-state index is 12.4. The van der Waals surface area contributed by atoms with E-state index in [1.165, 1.54) is 0 Å². The molecule has 0 unspecified atom stereocenters. The zero-order valence-electron chi connectivity index (χ0n) is 15.8. The summed E-state index contributed by atoms with van der Waals surface area (Å²) in [5, 5.41) is 2.83. The Bertz CT molecular complexity index is 957. The molecule has 1 atom stereocenters. The number of carbonyl (C=O) groups is 1. The van der Waals surface area contributed by atoms with Crippen molar-refractivity contribution in [1.29, 1.82) is 0 Å². The summed E-state index contributed by atoms with van der Waals surface area (Å²) in [5.41, 5.74) is 2.25. The number of carbonyl (C=O) groups excluding carboxylic acids is 1. The van der Waals surface area contributed by atoms with Gasteiger partial charge in [-0.05, 0) is 63.2 Å². The minimum absolute atomic E-state index is 0.261. The van der Waals surface area contributed by atoms with E-state index in [1.807, 2.05) is 32.0 Å². The summed E-state index contributed by atoms with van der Waals surface area (Å²) in [5.74, 6) is 0.891. The number of aromatic nitrogens is 2. The van der Waals surface area contributed by atoms with Gasteiger partial charge in [-0.3, -0.25) is 4.79 Å². The summed E-state index contributed by atoms with van der Waals surface area (Å²) in [7, 11) is 0. The Balaban J connectivity index is 1.64. The second-order valence-electron chi connectivity index (χ2n) is 6.27. The van der Waals surface area contributed by atoms with Crippen LogP contribution in [0.25, 0.3) is 0 Å². The summed E-state index contributed by atoms with van der Waals surface area (Å²) in [4.78, 5) is 20.9. The molecule has 6 nitrogen and oxygen atoms in total. The number of amides is 1. The molecule has 1 N–H and O–H groups in total. The van der Waals surface area contributed by atoms with Crippen LogP contribution < -0.4 is 14.8 Å². The van der Waals surface area contributed by atoms with Gasteiger partial charge in [-0.1, -0.05) is 22.0 Å². The first-order chi connectivity index (χ1) is 13.4. The molecule has 0 radical (unpaired) electrons. The number of nitrogens with zero attached hydrogens (tertiary/aromatic N) is 2. The van der Waals surface area contributed by atoms with E-state index in [9.17, 15) is 4.79 Å². The average Bonchev–Trinajstić information content (AvgIpc) is 2.63. The highest BCUT2D eigenvalue weighted by Gasteiger charge is 2.15. The fourth-order valence-corrected chi connectivity index (χ4v) is 2.76. The molecule has 0 aliphatic carbocycles. The van der Waals surface area contributed by atoms with Crippen LogP contribution in [0.5, 0.6) is 17.5 Å². The average molecular weight is 442 g/mol. The van der Waals surface area contributed by atoms with Crippen molar-refractivity contribution in [2.24, 2.45) is 0 Å². The maximum Gasteiger partial charge on any atom is 0.322 e. The largest absolute Gasteiger partial charge is 0.481 e. The van der Waals surface area contributed by atoms with Crippen molar-refractivity contribution in [3.05, 3.63) is 70.5 Å². The van der Waals surface area contributed by atoms with Crippen molar-refractivity contribution >= 4 is 27.5 Å². The molecule has 3 rings (SSSR count). The Labute approximate surface area is 172 Å².